The maximum absolute atomic E-state index is 12.2. The standard InChI is InChI=1S/C17H17Cl3N2O2/c1-22(9-11-3-5-13(24-2)6-4-11)10-16(23)21-17-14(19)7-12(18)8-15(17)20/h3-8H,9-10H2,1-2H3,(H,21,23). The van der Waals surface area contributed by atoms with Crippen molar-refractivity contribution in [3.8, 4) is 5.75 Å². The third kappa shape index (κ3) is 5.28. The molecule has 0 aliphatic rings. The molecule has 0 aliphatic heterocycles. The first kappa shape index (κ1) is 18.9. The van der Waals surface area contributed by atoms with E-state index >= 15 is 0 Å². The number of halogens is 3. The molecule has 0 aromatic heterocycles. The van der Waals surface area contributed by atoms with Gasteiger partial charge in [0.05, 0.1) is 29.4 Å². The van der Waals surface area contributed by atoms with E-state index in [2.05, 4.69) is 5.32 Å². The lowest BCUT2D eigenvalue weighted by Crippen LogP contribution is -2.30. The average Bonchev–Trinajstić information content (AvgIpc) is 2.51. The molecule has 0 radical (unpaired) electrons. The predicted octanol–water partition coefficient (Wildman–Crippen LogP) is 4.73. The van der Waals surface area contributed by atoms with E-state index < -0.39 is 0 Å². The third-order valence-electron chi connectivity index (χ3n) is 3.30. The van der Waals surface area contributed by atoms with Crippen LogP contribution in [-0.4, -0.2) is 31.5 Å². The summed E-state index contributed by atoms with van der Waals surface area (Å²) in [6.07, 6.45) is 0. The monoisotopic (exact) mass is 386 g/mol. The predicted molar refractivity (Wildman–Crippen MR) is 99.4 cm³/mol. The van der Waals surface area contributed by atoms with Crippen LogP contribution >= 0.6 is 34.8 Å². The zero-order chi connectivity index (χ0) is 17.7. The summed E-state index contributed by atoms with van der Waals surface area (Å²) in [5.74, 6) is 0.586. The maximum Gasteiger partial charge on any atom is 0.238 e. The number of carbonyl (C=O) groups excluding carboxylic acids is 1. The first-order valence-corrected chi connectivity index (χ1v) is 8.28. The second-order valence-electron chi connectivity index (χ2n) is 5.31. The summed E-state index contributed by atoms with van der Waals surface area (Å²) < 4.78 is 5.12. The Bertz CT molecular complexity index is 697. The van der Waals surface area contributed by atoms with Crippen molar-refractivity contribution in [2.75, 3.05) is 26.0 Å². The number of rotatable bonds is 6. The molecule has 0 atom stereocenters. The molecule has 2 aromatic carbocycles. The first-order valence-electron chi connectivity index (χ1n) is 7.15. The van der Waals surface area contributed by atoms with Crippen LogP contribution in [0, 0.1) is 0 Å². The van der Waals surface area contributed by atoms with Crippen LogP contribution in [0.4, 0.5) is 5.69 Å². The van der Waals surface area contributed by atoms with Crippen LogP contribution < -0.4 is 10.1 Å². The Kier molecular flexibility index (Phi) is 6.75. The molecule has 0 heterocycles. The summed E-state index contributed by atoms with van der Waals surface area (Å²) in [4.78, 5) is 14.1. The number of benzene rings is 2. The Balaban J connectivity index is 1.94. The van der Waals surface area contributed by atoms with Gasteiger partial charge in [-0.1, -0.05) is 46.9 Å². The summed E-state index contributed by atoms with van der Waals surface area (Å²) in [5.41, 5.74) is 1.44. The molecule has 7 heteroatoms. The van der Waals surface area contributed by atoms with Gasteiger partial charge in [-0.15, -0.1) is 0 Å². The van der Waals surface area contributed by atoms with Gasteiger partial charge in [0.15, 0.2) is 0 Å². The number of likely N-dealkylation sites (N-methyl/N-ethyl adjacent to an activating group) is 1. The second-order valence-corrected chi connectivity index (χ2v) is 6.56. The Morgan fingerprint density at radius 3 is 2.25 bits per heavy atom. The minimum absolute atomic E-state index is 0.196. The van der Waals surface area contributed by atoms with Crippen LogP contribution in [-0.2, 0) is 11.3 Å². The largest absolute Gasteiger partial charge is 0.497 e. The lowest BCUT2D eigenvalue weighted by molar-refractivity contribution is -0.117. The van der Waals surface area contributed by atoms with E-state index in [0.717, 1.165) is 11.3 Å². The highest BCUT2D eigenvalue weighted by Gasteiger charge is 2.13. The van der Waals surface area contributed by atoms with Crippen molar-refractivity contribution in [3.63, 3.8) is 0 Å². The van der Waals surface area contributed by atoms with E-state index in [1.54, 1.807) is 7.11 Å². The van der Waals surface area contributed by atoms with Gasteiger partial charge in [0.2, 0.25) is 5.91 Å². The Morgan fingerprint density at radius 2 is 1.71 bits per heavy atom. The molecule has 0 saturated carbocycles. The van der Waals surface area contributed by atoms with Crippen molar-refractivity contribution in [1.82, 2.24) is 4.90 Å². The number of methoxy groups -OCH3 is 1. The van der Waals surface area contributed by atoms with Crippen LogP contribution in [0.15, 0.2) is 36.4 Å². The maximum atomic E-state index is 12.2. The first-order chi connectivity index (χ1) is 11.4. The van der Waals surface area contributed by atoms with Gasteiger partial charge >= 0.3 is 0 Å². The van der Waals surface area contributed by atoms with Gasteiger partial charge in [-0.2, -0.15) is 0 Å². The smallest absolute Gasteiger partial charge is 0.238 e. The molecule has 128 valence electrons. The molecular weight excluding hydrogens is 371 g/mol. The highest BCUT2D eigenvalue weighted by atomic mass is 35.5. The summed E-state index contributed by atoms with van der Waals surface area (Å²) in [6.45, 7) is 0.820. The lowest BCUT2D eigenvalue weighted by Gasteiger charge is -2.17. The molecule has 0 unspecified atom stereocenters. The van der Waals surface area contributed by atoms with Gasteiger partial charge in [-0.05, 0) is 36.9 Å². The number of nitrogens with one attached hydrogen (secondary N) is 1. The molecule has 4 nitrogen and oxygen atoms in total. The van der Waals surface area contributed by atoms with E-state index in [1.807, 2.05) is 36.2 Å². The number of hydrogen-bond donors (Lipinski definition) is 1. The third-order valence-corrected chi connectivity index (χ3v) is 4.11. The van der Waals surface area contributed by atoms with Gasteiger partial charge in [0.25, 0.3) is 0 Å². The Hall–Kier alpha value is -1.46. The summed E-state index contributed by atoms with van der Waals surface area (Å²) in [5, 5.41) is 3.74. The van der Waals surface area contributed by atoms with E-state index in [9.17, 15) is 4.79 Å². The quantitative estimate of drug-likeness (QED) is 0.779. The number of amides is 1. The van der Waals surface area contributed by atoms with Gasteiger partial charge in [-0.25, -0.2) is 0 Å². The Morgan fingerprint density at radius 1 is 1.12 bits per heavy atom. The van der Waals surface area contributed by atoms with Crippen molar-refractivity contribution in [2.24, 2.45) is 0 Å². The fourth-order valence-electron chi connectivity index (χ4n) is 2.18. The van der Waals surface area contributed by atoms with Crippen molar-refractivity contribution in [1.29, 1.82) is 0 Å². The number of anilines is 1. The van der Waals surface area contributed by atoms with Crippen LogP contribution in [0.2, 0.25) is 15.1 Å². The van der Waals surface area contributed by atoms with Gasteiger partial charge in [-0.3, -0.25) is 9.69 Å². The molecular formula is C17H17Cl3N2O2. The minimum Gasteiger partial charge on any atom is -0.497 e. The molecule has 0 bridgehead atoms. The van der Waals surface area contributed by atoms with Gasteiger partial charge < -0.3 is 10.1 Å². The van der Waals surface area contributed by atoms with Gasteiger partial charge in [0, 0.05) is 11.6 Å². The van der Waals surface area contributed by atoms with Crippen LogP contribution in [0.25, 0.3) is 0 Å². The average molecular weight is 388 g/mol. The highest BCUT2D eigenvalue weighted by molar-refractivity contribution is 6.42. The number of hydrogen-bond acceptors (Lipinski definition) is 3. The zero-order valence-corrected chi connectivity index (χ0v) is 15.5. The van der Waals surface area contributed by atoms with Crippen LogP contribution in [0.5, 0.6) is 5.75 Å². The second kappa shape index (κ2) is 8.58. The minimum atomic E-state index is -0.211. The van der Waals surface area contributed by atoms with E-state index in [0.29, 0.717) is 27.3 Å². The van der Waals surface area contributed by atoms with Crippen LogP contribution in [0.1, 0.15) is 5.56 Å². The van der Waals surface area contributed by atoms with Crippen molar-refractivity contribution in [3.05, 3.63) is 57.0 Å². The number of nitrogens with zero attached hydrogens (tertiary/aromatic N) is 1. The van der Waals surface area contributed by atoms with E-state index in [4.69, 9.17) is 39.5 Å². The fourth-order valence-corrected chi connectivity index (χ4v) is 3.10. The van der Waals surface area contributed by atoms with Gasteiger partial charge in [0.1, 0.15) is 5.75 Å². The fraction of sp³-hybridized carbons (Fsp3) is 0.235. The molecule has 2 aromatic rings. The normalized spacial score (nSPS) is 10.8. The summed E-state index contributed by atoms with van der Waals surface area (Å²) in [7, 11) is 3.48. The molecule has 2 rings (SSSR count). The molecule has 1 amide bonds. The van der Waals surface area contributed by atoms with E-state index in [-0.39, 0.29) is 12.5 Å². The zero-order valence-electron chi connectivity index (χ0n) is 13.3. The van der Waals surface area contributed by atoms with Crippen LogP contribution in [0.3, 0.4) is 0 Å². The SMILES string of the molecule is COc1ccc(CN(C)CC(=O)Nc2c(Cl)cc(Cl)cc2Cl)cc1. The Labute approximate surface area is 156 Å². The molecule has 0 aliphatic carbocycles. The van der Waals surface area contributed by atoms with Crippen molar-refractivity contribution < 1.29 is 9.53 Å². The molecule has 1 N–H and O–H groups in total. The van der Waals surface area contributed by atoms with Crippen molar-refractivity contribution in [2.45, 2.75) is 6.54 Å². The van der Waals surface area contributed by atoms with Crippen molar-refractivity contribution >= 4 is 46.4 Å². The molecule has 0 fully saturated rings. The number of carbonyl (C=O) groups is 1. The summed E-state index contributed by atoms with van der Waals surface area (Å²) in [6, 6.07) is 10.8. The van der Waals surface area contributed by atoms with E-state index in [1.165, 1.54) is 12.1 Å². The summed E-state index contributed by atoms with van der Waals surface area (Å²) >= 11 is 18.0. The lowest BCUT2D eigenvalue weighted by atomic mass is 10.2. The molecule has 0 saturated heterocycles. The topological polar surface area (TPSA) is 41.6 Å². The molecule has 24 heavy (non-hydrogen) atoms. The highest BCUT2D eigenvalue weighted by Crippen LogP contribution is 2.33. The molecule has 0 spiro atoms. The number of ether oxygens (including phenoxy) is 1.